The zero-order valence-electron chi connectivity index (χ0n) is 17.0. The number of carboxylic acid groups (broad SMARTS) is 1. The molecule has 0 amide bonds. The van der Waals surface area contributed by atoms with Gasteiger partial charge in [0, 0.05) is 36.9 Å². The smallest absolute Gasteiger partial charge is 0.335 e. The van der Waals surface area contributed by atoms with E-state index in [1.54, 1.807) is 42.7 Å². The van der Waals surface area contributed by atoms with Crippen molar-refractivity contribution in [3.8, 4) is 5.75 Å². The van der Waals surface area contributed by atoms with Gasteiger partial charge in [-0.25, -0.2) is 4.79 Å². The summed E-state index contributed by atoms with van der Waals surface area (Å²) in [7, 11) is 1.54. The van der Waals surface area contributed by atoms with Crippen LogP contribution in [0.15, 0.2) is 71.4 Å². The number of pyridine rings is 1. The van der Waals surface area contributed by atoms with E-state index in [1.807, 2.05) is 29.2 Å². The van der Waals surface area contributed by atoms with Crippen LogP contribution in [0.3, 0.4) is 0 Å². The van der Waals surface area contributed by atoms with Crippen molar-refractivity contribution in [2.75, 3.05) is 12.0 Å². The minimum absolute atomic E-state index is 0.176. The summed E-state index contributed by atoms with van der Waals surface area (Å²) < 4.78 is 11.2. The van der Waals surface area contributed by atoms with Gasteiger partial charge < -0.3 is 19.2 Å². The van der Waals surface area contributed by atoms with Crippen molar-refractivity contribution in [3.63, 3.8) is 0 Å². The molecule has 7 heteroatoms. The predicted octanol–water partition coefficient (Wildman–Crippen LogP) is 5.08. The zero-order chi connectivity index (χ0) is 22.0. The number of hydrogen-bond donors (Lipinski definition) is 1. The molecule has 4 aromatic rings. The Morgan fingerprint density at radius 1 is 1.13 bits per heavy atom. The van der Waals surface area contributed by atoms with Gasteiger partial charge in [-0.05, 0) is 48.0 Å². The van der Waals surface area contributed by atoms with Gasteiger partial charge in [-0.1, -0.05) is 12.1 Å². The summed E-state index contributed by atoms with van der Waals surface area (Å²) in [5.74, 6) is -0.477. The highest BCUT2D eigenvalue weighted by atomic mass is 16.5. The first-order valence-electron chi connectivity index (χ1n) is 9.59. The first-order valence-corrected chi connectivity index (χ1v) is 9.59. The highest BCUT2D eigenvalue weighted by molar-refractivity contribution is 6.03. The minimum Gasteiger partial charge on any atom is -0.493 e. The van der Waals surface area contributed by atoms with E-state index in [0.29, 0.717) is 29.0 Å². The Kier molecular flexibility index (Phi) is 5.41. The minimum atomic E-state index is -1.01. The van der Waals surface area contributed by atoms with Gasteiger partial charge in [0.25, 0.3) is 0 Å². The van der Waals surface area contributed by atoms with E-state index in [9.17, 15) is 14.7 Å². The molecule has 31 heavy (non-hydrogen) atoms. The van der Waals surface area contributed by atoms with Crippen LogP contribution < -0.4 is 9.64 Å². The first-order chi connectivity index (χ1) is 15.0. The maximum absolute atomic E-state index is 12.0. The number of fused-ring (bicyclic) bond motifs is 1. The Labute approximate surface area is 178 Å². The van der Waals surface area contributed by atoms with Crippen molar-refractivity contribution < 1.29 is 23.8 Å². The lowest BCUT2D eigenvalue weighted by atomic mass is 10.1. The predicted molar refractivity (Wildman–Crippen MR) is 116 cm³/mol. The van der Waals surface area contributed by atoms with E-state index in [-0.39, 0.29) is 17.1 Å². The summed E-state index contributed by atoms with van der Waals surface area (Å²) in [6.07, 6.45) is 3.45. The number of carbonyl (C=O) groups is 2. The molecule has 0 aliphatic rings. The van der Waals surface area contributed by atoms with Gasteiger partial charge in [-0.15, -0.1) is 0 Å². The number of Topliss-reactive ketones (excluding diaryl/α,β-unsaturated/α-hetero) is 1. The van der Waals surface area contributed by atoms with Crippen molar-refractivity contribution in [2.24, 2.45) is 0 Å². The number of nitrogens with zero attached hydrogens (tertiary/aromatic N) is 2. The third-order valence-electron chi connectivity index (χ3n) is 4.95. The molecule has 2 heterocycles. The van der Waals surface area contributed by atoms with Crippen LogP contribution >= 0.6 is 0 Å². The summed E-state index contributed by atoms with van der Waals surface area (Å²) in [5, 5.41) is 10.1. The standard InChI is InChI=1S/C24H20N2O5/c1-15(27)22-12-19-20(8-9-21(30-2)23(19)31-22)26(14-16-5-4-10-25-13-16)18-7-3-6-17(11-18)24(28)29/h3-13H,14H2,1-2H3,(H,28,29). The van der Waals surface area contributed by atoms with Crippen molar-refractivity contribution in [3.05, 3.63) is 83.9 Å². The number of anilines is 2. The number of rotatable bonds is 7. The molecule has 7 nitrogen and oxygen atoms in total. The number of ether oxygens (including phenoxy) is 1. The lowest BCUT2D eigenvalue weighted by Crippen LogP contribution is -2.17. The van der Waals surface area contributed by atoms with E-state index in [0.717, 1.165) is 11.3 Å². The molecule has 0 aliphatic heterocycles. The van der Waals surface area contributed by atoms with Crippen molar-refractivity contribution in [1.29, 1.82) is 0 Å². The molecule has 0 radical (unpaired) electrons. The molecule has 2 aromatic heterocycles. The van der Waals surface area contributed by atoms with Gasteiger partial charge in [0.1, 0.15) is 0 Å². The second kappa shape index (κ2) is 8.31. The average Bonchev–Trinajstić information content (AvgIpc) is 3.24. The number of aromatic nitrogens is 1. The maximum Gasteiger partial charge on any atom is 0.335 e. The molecular weight excluding hydrogens is 396 g/mol. The third-order valence-corrected chi connectivity index (χ3v) is 4.95. The fourth-order valence-corrected chi connectivity index (χ4v) is 3.45. The van der Waals surface area contributed by atoms with E-state index in [1.165, 1.54) is 14.0 Å². The fraction of sp³-hybridized carbons (Fsp3) is 0.125. The molecule has 0 atom stereocenters. The van der Waals surface area contributed by atoms with Gasteiger partial charge in [0.05, 0.1) is 18.4 Å². The molecule has 0 saturated heterocycles. The molecule has 1 N–H and O–H groups in total. The fourth-order valence-electron chi connectivity index (χ4n) is 3.45. The molecule has 0 spiro atoms. The monoisotopic (exact) mass is 416 g/mol. The molecule has 4 rings (SSSR count). The number of methoxy groups -OCH3 is 1. The summed E-state index contributed by atoms with van der Waals surface area (Å²) >= 11 is 0. The highest BCUT2D eigenvalue weighted by Crippen LogP contribution is 2.40. The zero-order valence-corrected chi connectivity index (χ0v) is 17.0. The normalized spacial score (nSPS) is 10.8. The molecular formula is C24H20N2O5. The second-order valence-corrected chi connectivity index (χ2v) is 7.00. The summed E-state index contributed by atoms with van der Waals surface area (Å²) in [6, 6.07) is 15.8. The van der Waals surface area contributed by atoms with E-state index >= 15 is 0 Å². The quantitative estimate of drug-likeness (QED) is 0.420. The van der Waals surface area contributed by atoms with Gasteiger partial charge in [-0.3, -0.25) is 9.78 Å². The number of aromatic carboxylic acids is 1. The van der Waals surface area contributed by atoms with Crippen LogP contribution in [0.4, 0.5) is 11.4 Å². The lowest BCUT2D eigenvalue weighted by molar-refractivity contribution is 0.0696. The van der Waals surface area contributed by atoms with Crippen LogP contribution in [0.25, 0.3) is 11.0 Å². The van der Waals surface area contributed by atoms with E-state index in [2.05, 4.69) is 4.98 Å². The topological polar surface area (TPSA) is 92.9 Å². The number of benzene rings is 2. The summed E-state index contributed by atoms with van der Waals surface area (Å²) in [6.45, 7) is 1.87. The lowest BCUT2D eigenvalue weighted by Gasteiger charge is -2.26. The van der Waals surface area contributed by atoms with Crippen LogP contribution in [-0.2, 0) is 6.54 Å². The van der Waals surface area contributed by atoms with Crippen LogP contribution in [0, 0.1) is 0 Å². The Hall–Kier alpha value is -4.13. The first kappa shape index (κ1) is 20.2. The highest BCUT2D eigenvalue weighted by Gasteiger charge is 2.21. The van der Waals surface area contributed by atoms with Gasteiger partial charge >= 0.3 is 5.97 Å². The average molecular weight is 416 g/mol. The largest absolute Gasteiger partial charge is 0.493 e. The number of carboxylic acids is 1. The molecule has 0 fully saturated rings. The summed E-state index contributed by atoms with van der Waals surface area (Å²) in [4.78, 5) is 29.6. The number of ketones is 1. The van der Waals surface area contributed by atoms with Crippen LogP contribution in [0.1, 0.15) is 33.4 Å². The third kappa shape index (κ3) is 3.98. The maximum atomic E-state index is 12.0. The summed E-state index contributed by atoms with van der Waals surface area (Å²) in [5.41, 5.74) is 2.99. The second-order valence-electron chi connectivity index (χ2n) is 7.00. The number of carbonyl (C=O) groups excluding carboxylic acids is 1. The van der Waals surface area contributed by atoms with Crippen molar-refractivity contribution in [2.45, 2.75) is 13.5 Å². The van der Waals surface area contributed by atoms with Gasteiger partial charge in [0.2, 0.25) is 0 Å². The Morgan fingerprint density at radius 2 is 1.97 bits per heavy atom. The number of hydrogen-bond acceptors (Lipinski definition) is 6. The Bertz CT molecular complexity index is 1260. The van der Waals surface area contributed by atoms with Gasteiger partial charge in [0.15, 0.2) is 22.9 Å². The van der Waals surface area contributed by atoms with Crippen molar-refractivity contribution >= 4 is 34.1 Å². The molecule has 0 bridgehead atoms. The van der Waals surface area contributed by atoms with E-state index in [4.69, 9.17) is 9.15 Å². The van der Waals surface area contributed by atoms with E-state index < -0.39 is 5.97 Å². The molecule has 2 aromatic carbocycles. The molecule has 0 unspecified atom stereocenters. The van der Waals surface area contributed by atoms with Crippen LogP contribution in [0.2, 0.25) is 0 Å². The molecule has 0 aliphatic carbocycles. The van der Waals surface area contributed by atoms with Crippen LogP contribution in [0.5, 0.6) is 5.75 Å². The SMILES string of the molecule is COc1ccc(N(Cc2cccnc2)c2cccc(C(=O)O)c2)c2cc(C(C)=O)oc12. The molecule has 0 saturated carbocycles. The van der Waals surface area contributed by atoms with Gasteiger partial charge in [-0.2, -0.15) is 0 Å². The Morgan fingerprint density at radius 3 is 2.65 bits per heavy atom. The Balaban J connectivity index is 1.93. The van der Waals surface area contributed by atoms with Crippen molar-refractivity contribution in [1.82, 2.24) is 4.98 Å². The molecule has 156 valence electrons. The van der Waals surface area contributed by atoms with Crippen LogP contribution in [-0.4, -0.2) is 29.0 Å². The number of furan rings is 1.